The van der Waals surface area contributed by atoms with Crippen molar-refractivity contribution in [1.82, 2.24) is 14.9 Å². The first-order chi connectivity index (χ1) is 10.3. The molecule has 0 atom stereocenters. The van der Waals surface area contributed by atoms with Crippen LogP contribution in [-0.2, 0) is 4.74 Å². The summed E-state index contributed by atoms with van der Waals surface area (Å²) >= 11 is 0. The smallest absolute Gasteiger partial charge is 0.274 e. The maximum atomic E-state index is 12.4. The molecule has 1 aliphatic rings. The number of hydrogen-bond donors (Lipinski definition) is 0. The van der Waals surface area contributed by atoms with Crippen LogP contribution in [0.4, 0.5) is 5.82 Å². The Labute approximate surface area is 126 Å². The highest BCUT2D eigenvalue weighted by molar-refractivity contribution is 5.92. The molecule has 21 heavy (non-hydrogen) atoms. The van der Waals surface area contributed by atoms with E-state index in [9.17, 15) is 4.79 Å². The monoisotopic (exact) mass is 292 g/mol. The molecule has 116 valence electrons. The summed E-state index contributed by atoms with van der Waals surface area (Å²) in [6.07, 6.45) is 5.18. The molecule has 1 aliphatic heterocycles. The predicted octanol–water partition coefficient (Wildman–Crippen LogP) is 1.58. The van der Waals surface area contributed by atoms with Crippen LogP contribution < -0.4 is 4.90 Å². The van der Waals surface area contributed by atoms with Gasteiger partial charge in [0.2, 0.25) is 0 Å². The minimum absolute atomic E-state index is 0.0280. The molecule has 0 unspecified atom stereocenters. The van der Waals surface area contributed by atoms with Crippen LogP contribution in [-0.4, -0.2) is 60.2 Å². The summed E-state index contributed by atoms with van der Waals surface area (Å²) in [5, 5.41) is 0. The normalized spacial score (nSPS) is 15.0. The zero-order valence-corrected chi connectivity index (χ0v) is 12.9. The molecule has 0 aliphatic carbocycles. The first-order valence-corrected chi connectivity index (χ1v) is 7.70. The summed E-state index contributed by atoms with van der Waals surface area (Å²) in [7, 11) is 0. The topological polar surface area (TPSA) is 58.6 Å². The fraction of sp³-hybridized carbons (Fsp3) is 0.667. The van der Waals surface area contributed by atoms with Crippen LogP contribution in [0.1, 0.15) is 37.2 Å². The Morgan fingerprint density at radius 2 is 1.86 bits per heavy atom. The second-order valence-corrected chi connectivity index (χ2v) is 5.15. The number of carbonyl (C=O) groups is 1. The minimum atomic E-state index is -0.0280. The summed E-state index contributed by atoms with van der Waals surface area (Å²) in [5.41, 5.74) is 0.425. The molecule has 0 bridgehead atoms. The number of amides is 1. The van der Waals surface area contributed by atoms with Gasteiger partial charge in [-0.1, -0.05) is 13.8 Å². The van der Waals surface area contributed by atoms with Crippen molar-refractivity contribution in [3.05, 3.63) is 18.1 Å². The van der Waals surface area contributed by atoms with E-state index in [1.165, 1.54) is 0 Å². The van der Waals surface area contributed by atoms with E-state index >= 15 is 0 Å². The number of carbonyl (C=O) groups excluding carboxylic acids is 1. The average Bonchev–Trinajstić information content (AvgIpc) is 2.55. The lowest BCUT2D eigenvalue weighted by molar-refractivity contribution is 0.0749. The summed E-state index contributed by atoms with van der Waals surface area (Å²) < 4.78 is 5.32. The molecule has 1 aromatic heterocycles. The average molecular weight is 292 g/mol. The number of anilines is 1. The Balaban J connectivity index is 2.04. The molecule has 1 aromatic rings. The van der Waals surface area contributed by atoms with E-state index in [4.69, 9.17) is 4.74 Å². The quantitative estimate of drug-likeness (QED) is 0.796. The Kier molecular flexibility index (Phi) is 5.92. The zero-order chi connectivity index (χ0) is 15.1. The molecular formula is C15H24N4O2. The standard InChI is InChI=1S/C15H24N4O2/c1-3-5-19(6-4-2)15(20)13-11-17-14(12-16-13)18-7-9-21-10-8-18/h11-12H,3-10H2,1-2H3. The van der Waals surface area contributed by atoms with Crippen molar-refractivity contribution in [1.29, 1.82) is 0 Å². The van der Waals surface area contributed by atoms with E-state index < -0.39 is 0 Å². The first kappa shape index (κ1) is 15.7. The van der Waals surface area contributed by atoms with Crippen molar-refractivity contribution in [2.75, 3.05) is 44.3 Å². The summed E-state index contributed by atoms with van der Waals surface area (Å²) in [6, 6.07) is 0. The molecule has 2 heterocycles. The lowest BCUT2D eigenvalue weighted by atomic mass is 10.3. The third-order valence-corrected chi connectivity index (χ3v) is 3.47. The third-order valence-electron chi connectivity index (χ3n) is 3.47. The van der Waals surface area contributed by atoms with E-state index in [0.29, 0.717) is 18.9 Å². The highest BCUT2D eigenvalue weighted by Gasteiger charge is 2.17. The van der Waals surface area contributed by atoms with Crippen molar-refractivity contribution in [2.45, 2.75) is 26.7 Å². The van der Waals surface area contributed by atoms with Crippen molar-refractivity contribution in [3.8, 4) is 0 Å². The lowest BCUT2D eigenvalue weighted by Gasteiger charge is -2.27. The van der Waals surface area contributed by atoms with Crippen molar-refractivity contribution in [3.63, 3.8) is 0 Å². The molecule has 0 saturated carbocycles. The van der Waals surface area contributed by atoms with Crippen LogP contribution in [0.3, 0.4) is 0 Å². The molecular weight excluding hydrogens is 268 g/mol. The van der Waals surface area contributed by atoms with E-state index in [0.717, 1.165) is 44.8 Å². The summed E-state index contributed by atoms with van der Waals surface area (Å²) in [6.45, 7) is 8.73. The van der Waals surface area contributed by atoms with Gasteiger partial charge < -0.3 is 14.5 Å². The fourth-order valence-corrected chi connectivity index (χ4v) is 2.40. The molecule has 2 rings (SSSR count). The van der Waals surface area contributed by atoms with Gasteiger partial charge in [-0.2, -0.15) is 0 Å². The number of morpholine rings is 1. The number of hydrogen-bond acceptors (Lipinski definition) is 5. The zero-order valence-electron chi connectivity index (χ0n) is 12.9. The van der Waals surface area contributed by atoms with Gasteiger partial charge in [-0.05, 0) is 12.8 Å². The molecule has 1 amide bonds. The van der Waals surface area contributed by atoms with Crippen LogP contribution in [0.5, 0.6) is 0 Å². The summed E-state index contributed by atoms with van der Waals surface area (Å²) in [4.78, 5) is 25.1. The second-order valence-electron chi connectivity index (χ2n) is 5.15. The SMILES string of the molecule is CCCN(CCC)C(=O)c1cnc(N2CCOCC2)cn1. The third kappa shape index (κ3) is 4.14. The van der Waals surface area contributed by atoms with Gasteiger partial charge in [0.1, 0.15) is 11.5 Å². The largest absolute Gasteiger partial charge is 0.378 e. The van der Waals surface area contributed by atoms with Crippen LogP contribution in [0.15, 0.2) is 12.4 Å². The van der Waals surface area contributed by atoms with Gasteiger partial charge in [-0.3, -0.25) is 4.79 Å². The van der Waals surface area contributed by atoms with Gasteiger partial charge in [-0.25, -0.2) is 9.97 Å². The Morgan fingerprint density at radius 1 is 1.19 bits per heavy atom. The molecule has 6 nitrogen and oxygen atoms in total. The van der Waals surface area contributed by atoms with Gasteiger partial charge in [0, 0.05) is 26.2 Å². The van der Waals surface area contributed by atoms with Crippen LogP contribution in [0.25, 0.3) is 0 Å². The molecule has 0 aromatic carbocycles. The number of aromatic nitrogens is 2. The van der Waals surface area contributed by atoms with E-state index in [1.807, 2.05) is 4.90 Å². The Bertz CT molecular complexity index is 437. The molecule has 0 N–H and O–H groups in total. The van der Waals surface area contributed by atoms with Gasteiger partial charge in [-0.15, -0.1) is 0 Å². The molecule has 1 saturated heterocycles. The predicted molar refractivity (Wildman–Crippen MR) is 81.5 cm³/mol. The van der Waals surface area contributed by atoms with Gasteiger partial charge >= 0.3 is 0 Å². The van der Waals surface area contributed by atoms with E-state index in [-0.39, 0.29) is 5.91 Å². The Hall–Kier alpha value is -1.69. The van der Waals surface area contributed by atoms with E-state index in [1.54, 1.807) is 12.4 Å². The number of ether oxygens (including phenoxy) is 1. The van der Waals surface area contributed by atoms with Crippen molar-refractivity contribution in [2.24, 2.45) is 0 Å². The lowest BCUT2D eigenvalue weighted by Crippen LogP contribution is -2.37. The Morgan fingerprint density at radius 3 is 2.38 bits per heavy atom. The van der Waals surface area contributed by atoms with Gasteiger partial charge in [0.15, 0.2) is 0 Å². The molecule has 0 spiro atoms. The second kappa shape index (κ2) is 7.93. The molecule has 0 radical (unpaired) electrons. The number of rotatable bonds is 6. The van der Waals surface area contributed by atoms with Crippen LogP contribution >= 0.6 is 0 Å². The van der Waals surface area contributed by atoms with Gasteiger partial charge in [0.25, 0.3) is 5.91 Å². The maximum absolute atomic E-state index is 12.4. The van der Waals surface area contributed by atoms with Crippen LogP contribution in [0.2, 0.25) is 0 Å². The molecule has 6 heteroatoms. The fourth-order valence-electron chi connectivity index (χ4n) is 2.40. The van der Waals surface area contributed by atoms with Crippen molar-refractivity contribution >= 4 is 11.7 Å². The number of nitrogens with zero attached hydrogens (tertiary/aromatic N) is 4. The van der Waals surface area contributed by atoms with Gasteiger partial charge in [0.05, 0.1) is 25.6 Å². The first-order valence-electron chi connectivity index (χ1n) is 7.70. The minimum Gasteiger partial charge on any atom is -0.378 e. The molecule has 1 fully saturated rings. The summed E-state index contributed by atoms with van der Waals surface area (Å²) in [5.74, 6) is 0.784. The maximum Gasteiger partial charge on any atom is 0.274 e. The highest BCUT2D eigenvalue weighted by atomic mass is 16.5. The van der Waals surface area contributed by atoms with Crippen LogP contribution in [0, 0.1) is 0 Å². The van der Waals surface area contributed by atoms with E-state index in [2.05, 4.69) is 28.7 Å². The van der Waals surface area contributed by atoms with Crippen molar-refractivity contribution < 1.29 is 9.53 Å². The highest BCUT2D eigenvalue weighted by Crippen LogP contribution is 2.12.